The van der Waals surface area contributed by atoms with Crippen molar-refractivity contribution in [2.45, 2.75) is 37.5 Å². The lowest BCUT2D eigenvalue weighted by Crippen LogP contribution is -2.49. The molecule has 1 aromatic rings. The summed E-state index contributed by atoms with van der Waals surface area (Å²) in [4.78, 5) is 19.9. The van der Waals surface area contributed by atoms with Crippen molar-refractivity contribution >= 4 is 23.6 Å². The van der Waals surface area contributed by atoms with Crippen LogP contribution in [0, 0.1) is 11.3 Å². The average Bonchev–Trinajstić information content (AvgIpc) is 3.21. The molecular formula is C22H36N4O2S. The Labute approximate surface area is 179 Å². The molecule has 1 saturated carbocycles. The van der Waals surface area contributed by atoms with Crippen molar-refractivity contribution in [3.8, 4) is 5.75 Å². The fourth-order valence-electron chi connectivity index (χ4n) is 3.77. The molecule has 2 N–H and O–H groups in total. The molecule has 7 heteroatoms. The van der Waals surface area contributed by atoms with Gasteiger partial charge in [-0.3, -0.25) is 9.79 Å². The normalized spacial score (nSPS) is 16.9. The van der Waals surface area contributed by atoms with Gasteiger partial charge in [-0.05, 0) is 30.9 Å². The smallest absolute Gasteiger partial charge is 0.230 e. The van der Waals surface area contributed by atoms with E-state index in [4.69, 9.17) is 4.74 Å². The van der Waals surface area contributed by atoms with Gasteiger partial charge in [0.25, 0.3) is 0 Å². The predicted octanol–water partition coefficient (Wildman–Crippen LogP) is 3.24. The molecule has 1 unspecified atom stereocenters. The third kappa shape index (κ3) is 6.56. The number of methoxy groups -OCH3 is 1. The SMILES string of the molecule is CN=C(NCC(C)CSc1ccccc1OC)NCC1(C(=O)N(C)C)CCCC1. The molecule has 1 fully saturated rings. The molecule has 0 heterocycles. The quantitative estimate of drug-likeness (QED) is 0.365. The number of hydrogen-bond acceptors (Lipinski definition) is 4. The van der Waals surface area contributed by atoms with Gasteiger partial charge in [-0.15, -0.1) is 11.8 Å². The Kier molecular flexibility index (Phi) is 9.14. The van der Waals surface area contributed by atoms with Crippen LogP contribution in [0.25, 0.3) is 0 Å². The van der Waals surface area contributed by atoms with Crippen molar-refractivity contribution in [1.29, 1.82) is 0 Å². The highest BCUT2D eigenvalue weighted by atomic mass is 32.2. The second kappa shape index (κ2) is 11.3. The van der Waals surface area contributed by atoms with E-state index in [2.05, 4.69) is 28.6 Å². The zero-order chi connectivity index (χ0) is 21.3. The van der Waals surface area contributed by atoms with Gasteiger partial charge < -0.3 is 20.3 Å². The van der Waals surface area contributed by atoms with Crippen molar-refractivity contribution in [3.05, 3.63) is 24.3 Å². The van der Waals surface area contributed by atoms with E-state index in [0.717, 1.165) is 54.6 Å². The number of hydrogen-bond donors (Lipinski definition) is 2. The molecule has 1 amide bonds. The molecule has 0 aliphatic heterocycles. The van der Waals surface area contributed by atoms with E-state index in [-0.39, 0.29) is 11.3 Å². The fraction of sp³-hybridized carbons (Fsp3) is 0.636. The summed E-state index contributed by atoms with van der Waals surface area (Å²) in [5.41, 5.74) is -0.299. The number of ether oxygens (including phenoxy) is 1. The van der Waals surface area contributed by atoms with Gasteiger partial charge in [-0.2, -0.15) is 0 Å². The number of benzene rings is 1. The summed E-state index contributed by atoms with van der Waals surface area (Å²) in [6.07, 6.45) is 4.12. The largest absolute Gasteiger partial charge is 0.496 e. The Hall–Kier alpha value is -1.89. The topological polar surface area (TPSA) is 66.0 Å². The van der Waals surface area contributed by atoms with E-state index >= 15 is 0 Å². The van der Waals surface area contributed by atoms with Gasteiger partial charge in [0.15, 0.2) is 5.96 Å². The molecule has 162 valence electrons. The van der Waals surface area contributed by atoms with Crippen LogP contribution in [-0.4, -0.2) is 63.9 Å². The van der Waals surface area contributed by atoms with Gasteiger partial charge in [0.1, 0.15) is 5.75 Å². The van der Waals surface area contributed by atoms with Crippen LogP contribution in [-0.2, 0) is 4.79 Å². The Morgan fingerprint density at radius 2 is 1.97 bits per heavy atom. The lowest BCUT2D eigenvalue weighted by atomic mass is 9.84. The van der Waals surface area contributed by atoms with Gasteiger partial charge in [0.05, 0.1) is 12.5 Å². The molecule has 29 heavy (non-hydrogen) atoms. The molecule has 0 radical (unpaired) electrons. The number of thioether (sulfide) groups is 1. The lowest BCUT2D eigenvalue weighted by Gasteiger charge is -2.31. The number of aliphatic imine (C=N–C) groups is 1. The van der Waals surface area contributed by atoms with E-state index in [9.17, 15) is 4.79 Å². The summed E-state index contributed by atoms with van der Waals surface area (Å²) >= 11 is 1.80. The number of nitrogens with zero attached hydrogens (tertiary/aromatic N) is 2. The molecule has 0 spiro atoms. The minimum atomic E-state index is -0.299. The second-order valence-corrected chi connectivity index (χ2v) is 9.12. The van der Waals surface area contributed by atoms with Crippen LogP contribution in [0.3, 0.4) is 0 Å². The fourth-order valence-corrected chi connectivity index (χ4v) is 4.82. The lowest BCUT2D eigenvalue weighted by molar-refractivity contribution is -0.138. The van der Waals surface area contributed by atoms with Crippen molar-refractivity contribution in [3.63, 3.8) is 0 Å². The average molecular weight is 421 g/mol. The van der Waals surface area contributed by atoms with Crippen LogP contribution in [0.4, 0.5) is 0 Å². The standard InChI is InChI=1S/C22H36N4O2S/c1-17(15-29-19-11-7-6-10-18(19)28-5)14-24-21(23-2)25-16-22(12-8-9-13-22)20(27)26(3)4/h6-7,10-11,17H,8-9,12-16H2,1-5H3,(H2,23,24,25). The Morgan fingerprint density at radius 3 is 2.59 bits per heavy atom. The van der Waals surface area contributed by atoms with Crippen LogP contribution in [0.15, 0.2) is 34.2 Å². The predicted molar refractivity (Wildman–Crippen MR) is 122 cm³/mol. The van der Waals surface area contributed by atoms with Crippen molar-refractivity contribution in [2.24, 2.45) is 16.3 Å². The Morgan fingerprint density at radius 1 is 1.28 bits per heavy atom. The first-order valence-electron chi connectivity index (χ1n) is 10.3. The number of nitrogens with one attached hydrogen (secondary N) is 2. The molecule has 1 aliphatic rings. The van der Waals surface area contributed by atoms with Crippen LogP contribution in [0.2, 0.25) is 0 Å². The van der Waals surface area contributed by atoms with Crippen molar-refractivity contribution < 1.29 is 9.53 Å². The summed E-state index contributed by atoms with van der Waals surface area (Å²) in [7, 11) is 7.17. The molecule has 0 saturated heterocycles. The van der Waals surface area contributed by atoms with Gasteiger partial charge in [0.2, 0.25) is 5.91 Å². The van der Waals surface area contributed by atoms with E-state index in [1.165, 1.54) is 0 Å². The maximum atomic E-state index is 12.7. The number of para-hydroxylation sites is 1. The molecule has 1 atom stereocenters. The van der Waals surface area contributed by atoms with Crippen LogP contribution in [0.5, 0.6) is 5.75 Å². The van der Waals surface area contributed by atoms with Crippen LogP contribution >= 0.6 is 11.8 Å². The molecule has 1 aromatic carbocycles. The molecule has 0 bridgehead atoms. The zero-order valence-corrected chi connectivity index (χ0v) is 19.3. The van der Waals surface area contributed by atoms with Gasteiger partial charge in [-0.1, -0.05) is 31.9 Å². The Balaban J connectivity index is 1.81. The summed E-state index contributed by atoms with van der Waals surface area (Å²) in [5.74, 6) is 3.33. The monoisotopic (exact) mass is 420 g/mol. The third-order valence-corrected chi connectivity index (χ3v) is 6.83. The van der Waals surface area contributed by atoms with E-state index in [1.54, 1.807) is 30.8 Å². The van der Waals surface area contributed by atoms with Gasteiger partial charge in [0, 0.05) is 44.9 Å². The highest BCUT2D eigenvalue weighted by molar-refractivity contribution is 7.99. The number of carbonyl (C=O) groups excluding carboxylic acids is 1. The number of amides is 1. The van der Waals surface area contributed by atoms with E-state index in [0.29, 0.717) is 12.5 Å². The summed E-state index contributed by atoms with van der Waals surface area (Å²) < 4.78 is 5.42. The maximum absolute atomic E-state index is 12.7. The second-order valence-electron chi connectivity index (χ2n) is 8.06. The molecule has 6 nitrogen and oxygen atoms in total. The summed E-state index contributed by atoms with van der Waals surface area (Å²) in [6.45, 7) is 3.67. The first kappa shape index (κ1) is 23.4. The van der Waals surface area contributed by atoms with Crippen molar-refractivity contribution in [2.75, 3.05) is 47.1 Å². The van der Waals surface area contributed by atoms with Gasteiger partial charge >= 0.3 is 0 Å². The summed E-state index contributed by atoms with van der Waals surface area (Å²) in [5, 5.41) is 6.81. The Bertz CT molecular complexity index is 687. The summed E-state index contributed by atoms with van der Waals surface area (Å²) in [6, 6.07) is 8.10. The molecule has 1 aliphatic carbocycles. The van der Waals surface area contributed by atoms with Crippen molar-refractivity contribution in [1.82, 2.24) is 15.5 Å². The first-order chi connectivity index (χ1) is 13.9. The van der Waals surface area contributed by atoms with Crippen LogP contribution < -0.4 is 15.4 Å². The minimum absolute atomic E-state index is 0.222. The minimum Gasteiger partial charge on any atom is -0.496 e. The third-order valence-electron chi connectivity index (χ3n) is 5.45. The van der Waals surface area contributed by atoms with Crippen LogP contribution in [0.1, 0.15) is 32.6 Å². The molecular weight excluding hydrogens is 384 g/mol. The zero-order valence-electron chi connectivity index (χ0n) is 18.5. The highest BCUT2D eigenvalue weighted by Gasteiger charge is 2.42. The maximum Gasteiger partial charge on any atom is 0.230 e. The number of guanidine groups is 1. The molecule has 2 rings (SSSR count). The van der Waals surface area contributed by atoms with Gasteiger partial charge in [-0.25, -0.2) is 0 Å². The molecule has 0 aromatic heterocycles. The number of rotatable bonds is 9. The first-order valence-corrected chi connectivity index (χ1v) is 11.3. The number of carbonyl (C=O) groups is 1. The highest BCUT2D eigenvalue weighted by Crippen LogP contribution is 2.38. The van der Waals surface area contributed by atoms with E-state index in [1.807, 2.05) is 32.3 Å². The van der Waals surface area contributed by atoms with E-state index < -0.39 is 0 Å².